The molecule has 0 radical (unpaired) electrons. The second-order valence-corrected chi connectivity index (χ2v) is 4.78. The highest BCUT2D eigenvalue weighted by atomic mass is 32.2. The van der Waals surface area contributed by atoms with Crippen molar-refractivity contribution in [2.45, 2.75) is 12.8 Å². The molecule has 0 spiro atoms. The number of hydrazine groups is 1. The molecular weight excluding hydrogens is 252 g/mol. The van der Waals surface area contributed by atoms with Gasteiger partial charge in [0.05, 0.1) is 10.6 Å². The number of non-ortho nitro benzene ring substituents is 1. The fraction of sp³-hybridized carbons (Fsp3) is 0.455. The maximum Gasteiger partial charge on any atom is 0.273 e. The van der Waals surface area contributed by atoms with Crippen molar-refractivity contribution in [3.8, 4) is 0 Å². The summed E-state index contributed by atoms with van der Waals surface area (Å²) in [6.07, 6.45) is 4.24. The standard InChI is InChI=1S/C11H18N4O2S/c1-18-5-3-2-4-13-9-6-10(14-12)8-11(7-9)15(16)17/h6-8,13-14H,2-5,12H2,1H3. The quantitative estimate of drug-likeness (QED) is 0.291. The van der Waals surface area contributed by atoms with Crippen LogP contribution in [-0.2, 0) is 0 Å². The monoisotopic (exact) mass is 270 g/mol. The zero-order valence-electron chi connectivity index (χ0n) is 10.3. The number of nitrogen functional groups attached to an aromatic ring is 1. The zero-order chi connectivity index (χ0) is 13.4. The van der Waals surface area contributed by atoms with Crippen LogP contribution in [0.4, 0.5) is 17.1 Å². The highest BCUT2D eigenvalue weighted by molar-refractivity contribution is 7.98. The molecule has 4 N–H and O–H groups in total. The number of hydrogen-bond donors (Lipinski definition) is 3. The van der Waals surface area contributed by atoms with E-state index in [0.29, 0.717) is 11.4 Å². The SMILES string of the molecule is CSCCCCNc1cc(NN)cc([N+](=O)[O-])c1. The van der Waals surface area contributed by atoms with Gasteiger partial charge < -0.3 is 10.7 Å². The fourth-order valence-electron chi connectivity index (χ4n) is 1.51. The van der Waals surface area contributed by atoms with Crippen LogP contribution in [0.5, 0.6) is 0 Å². The molecular formula is C11H18N4O2S. The Morgan fingerprint density at radius 3 is 2.67 bits per heavy atom. The minimum absolute atomic E-state index is 0.0251. The van der Waals surface area contributed by atoms with Crippen LogP contribution in [0, 0.1) is 10.1 Å². The average Bonchev–Trinajstić information content (AvgIpc) is 2.38. The topological polar surface area (TPSA) is 93.2 Å². The molecule has 1 aromatic carbocycles. The molecule has 0 fully saturated rings. The van der Waals surface area contributed by atoms with Gasteiger partial charge in [-0.25, -0.2) is 0 Å². The van der Waals surface area contributed by atoms with Gasteiger partial charge in [-0.15, -0.1) is 0 Å². The van der Waals surface area contributed by atoms with Crippen molar-refractivity contribution in [2.24, 2.45) is 5.84 Å². The van der Waals surface area contributed by atoms with Crippen molar-refractivity contribution >= 4 is 28.8 Å². The molecule has 0 saturated heterocycles. The third kappa shape index (κ3) is 4.80. The molecule has 100 valence electrons. The summed E-state index contributed by atoms with van der Waals surface area (Å²) in [5.74, 6) is 6.41. The van der Waals surface area contributed by atoms with E-state index in [1.807, 2.05) is 11.8 Å². The summed E-state index contributed by atoms with van der Waals surface area (Å²) < 4.78 is 0. The van der Waals surface area contributed by atoms with Crippen molar-refractivity contribution in [2.75, 3.05) is 29.3 Å². The third-order valence-electron chi connectivity index (χ3n) is 2.40. The molecule has 0 aromatic heterocycles. The van der Waals surface area contributed by atoms with Crippen LogP contribution >= 0.6 is 11.8 Å². The summed E-state index contributed by atoms with van der Waals surface area (Å²) in [7, 11) is 0. The minimum atomic E-state index is -0.431. The first kappa shape index (κ1) is 14.6. The fourth-order valence-corrected chi connectivity index (χ4v) is 2.00. The van der Waals surface area contributed by atoms with Gasteiger partial charge in [0.25, 0.3) is 5.69 Å². The summed E-state index contributed by atoms with van der Waals surface area (Å²) in [6.45, 7) is 0.797. The van der Waals surface area contributed by atoms with Gasteiger partial charge in [-0.2, -0.15) is 11.8 Å². The lowest BCUT2D eigenvalue weighted by molar-refractivity contribution is -0.384. The Kier molecular flexibility index (Phi) is 6.31. The van der Waals surface area contributed by atoms with Gasteiger partial charge in [-0.3, -0.25) is 16.0 Å². The second-order valence-electron chi connectivity index (χ2n) is 3.80. The number of nitrogens with two attached hydrogens (primary N) is 1. The Bertz CT molecular complexity index is 401. The molecule has 0 atom stereocenters. The summed E-state index contributed by atoms with van der Waals surface area (Å²) >= 11 is 1.82. The average molecular weight is 270 g/mol. The number of rotatable bonds is 8. The smallest absolute Gasteiger partial charge is 0.273 e. The van der Waals surface area contributed by atoms with E-state index in [1.165, 1.54) is 12.1 Å². The van der Waals surface area contributed by atoms with Crippen molar-refractivity contribution in [1.29, 1.82) is 0 Å². The lowest BCUT2D eigenvalue weighted by Gasteiger charge is -2.08. The van der Waals surface area contributed by atoms with Crippen molar-refractivity contribution in [3.05, 3.63) is 28.3 Å². The van der Waals surface area contributed by atoms with Gasteiger partial charge in [0.1, 0.15) is 0 Å². The van der Waals surface area contributed by atoms with E-state index < -0.39 is 4.92 Å². The van der Waals surface area contributed by atoms with E-state index >= 15 is 0 Å². The first-order valence-electron chi connectivity index (χ1n) is 5.66. The second kappa shape index (κ2) is 7.78. The van der Waals surface area contributed by atoms with Crippen molar-refractivity contribution in [3.63, 3.8) is 0 Å². The molecule has 0 bridgehead atoms. The summed E-state index contributed by atoms with van der Waals surface area (Å²) in [6, 6.07) is 4.66. The Morgan fingerprint density at radius 2 is 2.06 bits per heavy atom. The van der Waals surface area contributed by atoms with Crippen LogP contribution in [0.15, 0.2) is 18.2 Å². The lowest BCUT2D eigenvalue weighted by atomic mass is 10.2. The van der Waals surface area contributed by atoms with Crippen molar-refractivity contribution in [1.82, 2.24) is 0 Å². The molecule has 0 aliphatic heterocycles. The molecule has 0 heterocycles. The Hall–Kier alpha value is -1.47. The number of anilines is 2. The van der Waals surface area contributed by atoms with Crippen LogP contribution in [0.3, 0.4) is 0 Å². The normalized spacial score (nSPS) is 10.1. The molecule has 6 nitrogen and oxygen atoms in total. The molecule has 0 amide bonds. The maximum absolute atomic E-state index is 10.7. The van der Waals surface area contributed by atoms with Crippen LogP contribution in [-0.4, -0.2) is 23.5 Å². The molecule has 0 aliphatic carbocycles. The maximum atomic E-state index is 10.7. The molecule has 0 unspecified atom stereocenters. The highest BCUT2D eigenvalue weighted by Gasteiger charge is 2.08. The van der Waals surface area contributed by atoms with E-state index in [-0.39, 0.29) is 5.69 Å². The number of nitro benzene ring substituents is 1. The predicted octanol–water partition coefficient (Wildman–Crippen LogP) is 2.44. The van der Waals surface area contributed by atoms with Crippen molar-refractivity contribution < 1.29 is 4.92 Å². The highest BCUT2D eigenvalue weighted by Crippen LogP contribution is 2.23. The van der Waals surface area contributed by atoms with Crippen LogP contribution in [0.2, 0.25) is 0 Å². The minimum Gasteiger partial charge on any atom is -0.385 e. The molecule has 7 heteroatoms. The van der Waals surface area contributed by atoms with Gasteiger partial charge in [0, 0.05) is 24.4 Å². The summed E-state index contributed by atoms with van der Waals surface area (Å²) in [4.78, 5) is 10.3. The molecule has 1 rings (SSSR count). The van der Waals surface area contributed by atoms with Crippen LogP contribution < -0.4 is 16.6 Å². The van der Waals surface area contributed by atoms with Gasteiger partial charge in [0.2, 0.25) is 0 Å². The number of hydrogen-bond acceptors (Lipinski definition) is 6. The molecule has 0 aliphatic rings. The van der Waals surface area contributed by atoms with E-state index in [2.05, 4.69) is 17.0 Å². The number of nitrogens with one attached hydrogen (secondary N) is 2. The van der Waals surface area contributed by atoms with E-state index in [1.54, 1.807) is 6.07 Å². The number of thioether (sulfide) groups is 1. The number of unbranched alkanes of at least 4 members (excludes halogenated alkanes) is 1. The zero-order valence-corrected chi connectivity index (χ0v) is 11.1. The molecule has 18 heavy (non-hydrogen) atoms. The first-order chi connectivity index (χ1) is 8.67. The number of nitro groups is 1. The van der Waals surface area contributed by atoms with Gasteiger partial charge >= 0.3 is 0 Å². The first-order valence-corrected chi connectivity index (χ1v) is 7.05. The Morgan fingerprint density at radius 1 is 1.33 bits per heavy atom. The van der Waals surface area contributed by atoms with Gasteiger partial charge in [-0.1, -0.05) is 0 Å². The van der Waals surface area contributed by atoms with Gasteiger partial charge in [-0.05, 0) is 30.9 Å². The summed E-state index contributed by atoms with van der Waals surface area (Å²) in [5, 5.41) is 13.9. The Labute approximate surface area is 110 Å². The van der Waals surface area contributed by atoms with E-state index in [0.717, 1.165) is 25.1 Å². The Balaban J connectivity index is 2.58. The van der Waals surface area contributed by atoms with Gasteiger partial charge in [0.15, 0.2) is 0 Å². The largest absolute Gasteiger partial charge is 0.385 e. The molecule has 1 aromatic rings. The van der Waals surface area contributed by atoms with E-state index in [9.17, 15) is 10.1 Å². The predicted molar refractivity (Wildman–Crippen MR) is 77.0 cm³/mol. The van der Waals surface area contributed by atoms with E-state index in [4.69, 9.17) is 5.84 Å². The summed E-state index contributed by atoms with van der Waals surface area (Å²) in [5.41, 5.74) is 3.68. The third-order valence-corrected chi connectivity index (χ3v) is 3.10. The van der Waals surface area contributed by atoms with Crippen LogP contribution in [0.25, 0.3) is 0 Å². The van der Waals surface area contributed by atoms with Crippen LogP contribution in [0.1, 0.15) is 12.8 Å². The number of nitrogens with zero attached hydrogens (tertiary/aromatic N) is 1. The lowest BCUT2D eigenvalue weighted by Crippen LogP contribution is -2.08. The molecule has 0 saturated carbocycles. The number of benzene rings is 1.